The SMILES string of the molecule is CCOP(=O)(OCC)C(Nc1nc2ccccc2s1)P(=O)(OCC)OCC. The maximum atomic E-state index is 13.5. The smallest absolute Gasteiger partial charge is 0.338 e. The Morgan fingerprint density at radius 1 is 0.926 bits per heavy atom. The number of hydrogen-bond acceptors (Lipinski definition) is 9. The van der Waals surface area contributed by atoms with Gasteiger partial charge in [0.25, 0.3) is 0 Å². The largest absolute Gasteiger partial charge is 0.365 e. The minimum absolute atomic E-state index is 0.119. The Labute approximate surface area is 163 Å². The number of aromatic nitrogens is 1. The van der Waals surface area contributed by atoms with E-state index in [1.54, 1.807) is 27.7 Å². The summed E-state index contributed by atoms with van der Waals surface area (Å²) in [4.78, 5) is 4.46. The van der Waals surface area contributed by atoms with Crippen LogP contribution in [0.3, 0.4) is 0 Å². The molecule has 0 bridgehead atoms. The van der Waals surface area contributed by atoms with E-state index < -0.39 is 20.7 Å². The van der Waals surface area contributed by atoms with Crippen LogP contribution in [0.25, 0.3) is 10.2 Å². The van der Waals surface area contributed by atoms with Crippen LogP contribution in [0.4, 0.5) is 5.13 Å². The van der Waals surface area contributed by atoms with Gasteiger partial charge >= 0.3 is 15.2 Å². The molecule has 1 aromatic carbocycles. The van der Waals surface area contributed by atoms with Crippen molar-refractivity contribution >= 4 is 41.9 Å². The Morgan fingerprint density at radius 3 is 1.85 bits per heavy atom. The van der Waals surface area contributed by atoms with Gasteiger partial charge in [0.05, 0.1) is 36.6 Å². The fourth-order valence-corrected chi connectivity index (χ4v) is 8.42. The average molecular weight is 436 g/mol. The maximum absolute atomic E-state index is 13.5. The van der Waals surface area contributed by atoms with Crippen LogP contribution in [0.15, 0.2) is 24.3 Å². The van der Waals surface area contributed by atoms with Gasteiger partial charge in [0.2, 0.25) is 5.52 Å². The van der Waals surface area contributed by atoms with Crippen molar-refractivity contribution in [3.8, 4) is 0 Å². The Balaban J connectivity index is 2.49. The molecule has 11 heteroatoms. The van der Waals surface area contributed by atoms with Crippen molar-refractivity contribution in [1.82, 2.24) is 4.98 Å². The van der Waals surface area contributed by atoms with Crippen molar-refractivity contribution in [2.75, 3.05) is 31.7 Å². The monoisotopic (exact) mass is 436 g/mol. The zero-order valence-corrected chi connectivity index (χ0v) is 18.5. The zero-order chi connectivity index (χ0) is 19.9. The first-order valence-electron chi connectivity index (χ1n) is 8.82. The lowest BCUT2D eigenvalue weighted by molar-refractivity contribution is 0.198. The van der Waals surface area contributed by atoms with Crippen molar-refractivity contribution in [1.29, 1.82) is 0 Å². The molecule has 0 fully saturated rings. The van der Waals surface area contributed by atoms with Crippen LogP contribution in [0.1, 0.15) is 27.7 Å². The second-order valence-corrected chi connectivity index (χ2v) is 10.9. The van der Waals surface area contributed by atoms with E-state index in [1.807, 2.05) is 24.3 Å². The van der Waals surface area contributed by atoms with E-state index in [1.165, 1.54) is 11.3 Å². The van der Waals surface area contributed by atoms with Crippen molar-refractivity contribution in [3.63, 3.8) is 0 Å². The zero-order valence-electron chi connectivity index (χ0n) is 15.9. The summed E-state index contributed by atoms with van der Waals surface area (Å²) >= 11 is 1.34. The van der Waals surface area contributed by atoms with Gasteiger partial charge in [0.1, 0.15) is 0 Å². The topological polar surface area (TPSA) is 96.0 Å². The molecule has 0 saturated carbocycles. The summed E-state index contributed by atoms with van der Waals surface area (Å²) in [5.41, 5.74) is -0.556. The first kappa shape index (κ1) is 22.5. The number of rotatable bonds is 12. The molecule has 0 aliphatic heterocycles. The quantitative estimate of drug-likeness (QED) is 0.434. The van der Waals surface area contributed by atoms with Crippen molar-refractivity contribution in [2.45, 2.75) is 33.2 Å². The van der Waals surface area contributed by atoms with Gasteiger partial charge in [-0.05, 0) is 39.8 Å². The normalized spacial score (nSPS) is 12.8. The van der Waals surface area contributed by atoms with Gasteiger partial charge < -0.3 is 23.4 Å². The molecule has 1 N–H and O–H groups in total. The number of fused-ring (bicyclic) bond motifs is 1. The van der Waals surface area contributed by atoms with Gasteiger partial charge in [-0.25, -0.2) is 4.98 Å². The van der Waals surface area contributed by atoms with Crippen LogP contribution in [0, 0.1) is 0 Å². The van der Waals surface area contributed by atoms with E-state index in [-0.39, 0.29) is 26.4 Å². The number of anilines is 1. The first-order valence-corrected chi connectivity index (χ1v) is 12.9. The molecular weight excluding hydrogens is 410 g/mol. The second kappa shape index (κ2) is 10.1. The number of para-hydroxylation sites is 1. The lowest BCUT2D eigenvalue weighted by Crippen LogP contribution is -2.25. The van der Waals surface area contributed by atoms with Crippen LogP contribution in [0.2, 0.25) is 0 Å². The number of nitrogens with one attached hydrogen (secondary N) is 1. The number of hydrogen-bond donors (Lipinski definition) is 1. The summed E-state index contributed by atoms with van der Waals surface area (Å²) in [7, 11) is -7.75. The Kier molecular flexibility index (Phi) is 8.43. The third-order valence-corrected chi connectivity index (χ3v) is 9.98. The van der Waals surface area contributed by atoms with E-state index in [9.17, 15) is 9.13 Å². The Bertz CT molecular complexity index is 747. The highest BCUT2D eigenvalue weighted by Gasteiger charge is 2.51. The van der Waals surface area contributed by atoms with Gasteiger partial charge in [-0.15, -0.1) is 0 Å². The van der Waals surface area contributed by atoms with Gasteiger partial charge in [-0.3, -0.25) is 9.13 Å². The highest BCUT2D eigenvalue weighted by atomic mass is 32.1. The summed E-state index contributed by atoms with van der Waals surface area (Å²) in [5.74, 6) is 0. The molecule has 0 atom stereocenters. The fourth-order valence-electron chi connectivity index (χ4n) is 2.45. The van der Waals surface area contributed by atoms with E-state index in [4.69, 9.17) is 18.1 Å². The maximum Gasteiger partial charge on any atom is 0.365 e. The van der Waals surface area contributed by atoms with Crippen LogP contribution >= 0.6 is 26.5 Å². The Hall–Kier alpha value is -0.790. The van der Waals surface area contributed by atoms with E-state index in [0.29, 0.717) is 5.13 Å². The minimum atomic E-state index is -3.88. The summed E-state index contributed by atoms with van der Waals surface area (Å²) in [6.45, 7) is 7.22. The standard InChI is InChI=1S/C16H26N2O6P2S/c1-5-21-25(19,22-6-2)16(26(20,23-7-3)24-8-4)18-15-17-13-11-9-10-12-14(13)27-15/h9-12,16H,5-8H2,1-4H3,(H,17,18). The van der Waals surface area contributed by atoms with Gasteiger partial charge in [-0.2, -0.15) is 0 Å². The third kappa shape index (κ3) is 5.39. The first-order chi connectivity index (χ1) is 12.9. The molecule has 0 saturated heterocycles. The molecule has 8 nitrogen and oxygen atoms in total. The van der Waals surface area contributed by atoms with Crippen LogP contribution < -0.4 is 5.32 Å². The molecule has 0 radical (unpaired) electrons. The summed E-state index contributed by atoms with van der Waals surface area (Å²) < 4.78 is 49.6. The van der Waals surface area contributed by atoms with E-state index in [2.05, 4.69) is 10.3 Å². The molecule has 1 heterocycles. The Morgan fingerprint density at radius 2 is 1.41 bits per heavy atom. The lowest BCUT2D eigenvalue weighted by Gasteiger charge is -2.31. The molecule has 0 aliphatic carbocycles. The lowest BCUT2D eigenvalue weighted by atomic mass is 10.3. The highest BCUT2D eigenvalue weighted by Crippen LogP contribution is 2.70. The van der Waals surface area contributed by atoms with Crippen LogP contribution in [-0.4, -0.2) is 36.9 Å². The molecular formula is C16H26N2O6P2S. The summed E-state index contributed by atoms with van der Waals surface area (Å²) in [6.07, 6.45) is 0. The molecule has 2 rings (SSSR count). The van der Waals surface area contributed by atoms with Crippen LogP contribution in [0.5, 0.6) is 0 Å². The highest BCUT2D eigenvalue weighted by molar-refractivity contribution is 7.73. The van der Waals surface area contributed by atoms with Crippen molar-refractivity contribution < 1.29 is 27.2 Å². The molecule has 0 aliphatic rings. The predicted molar refractivity (Wildman–Crippen MR) is 109 cm³/mol. The second-order valence-electron chi connectivity index (χ2n) is 5.26. The van der Waals surface area contributed by atoms with Gasteiger partial charge in [-0.1, -0.05) is 23.5 Å². The van der Waals surface area contributed by atoms with Gasteiger partial charge in [0, 0.05) is 0 Å². The molecule has 2 aromatic rings. The van der Waals surface area contributed by atoms with Crippen LogP contribution in [-0.2, 0) is 27.2 Å². The van der Waals surface area contributed by atoms with Crippen molar-refractivity contribution in [3.05, 3.63) is 24.3 Å². The third-order valence-electron chi connectivity index (χ3n) is 3.38. The number of benzene rings is 1. The van der Waals surface area contributed by atoms with Gasteiger partial charge in [0.15, 0.2) is 5.13 Å². The van der Waals surface area contributed by atoms with Crippen molar-refractivity contribution in [2.24, 2.45) is 0 Å². The average Bonchev–Trinajstić information content (AvgIpc) is 3.03. The molecule has 27 heavy (non-hydrogen) atoms. The molecule has 0 unspecified atom stereocenters. The molecule has 1 aromatic heterocycles. The molecule has 0 amide bonds. The van der Waals surface area contributed by atoms with E-state index in [0.717, 1.165) is 10.2 Å². The molecule has 152 valence electrons. The summed E-state index contributed by atoms with van der Waals surface area (Å²) in [6, 6.07) is 7.56. The number of thiazole rings is 1. The summed E-state index contributed by atoms with van der Waals surface area (Å²) in [5, 5.41) is 3.40. The minimum Gasteiger partial charge on any atom is -0.338 e. The molecule has 0 spiro atoms. The number of nitrogens with zero attached hydrogens (tertiary/aromatic N) is 1. The fraction of sp³-hybridized carbons (Fsp3) is 0.562. The van der Waals surface area contributed by atoms with E-state index >= 15 is 0 Å². The predicted octanol–water partition coefficient (Wildman–Crippen LogP) is 5.52.